The van der Waals surface area contributed by atoms with Crippen molar-refractivity contribution >= 4 is 40.4 Å². The molecule has 0 aliphatic rings. The molecule has 110 valence electrons. The Morgan fingerprint density at radius 2 is 1.86 bits per heavy atom. The number of ether oxygens (including phenoxy) is 2. The fraction of sp³-hybridized carbons (Fsp3) is 0.143. The molecule has 0 unspecified atom stereocenters. The maximum absolute atomic E-state index is 5.78. The van der Waals surface area contributed by atoms with Crippen LogP contribution in [-0.2, 0) is 0 Å². The first-order valence-corrected chi connectivity index (χ1v) is 6.82. The zero-order chi connectivity index (χ0) is 15.2. The van der Waals surface area contributed by atoms with Gasteiger partial charge in [-0.1, -0.05) is 11.6 Å². The fourth-order valence-corrected chi connectivity index (χ4v) is 1.98. The molecular weight excluding hydrogens is 310 g/mol. The van der Waals surface area contributed by atoms with E-state index in [1.165, 1.54) is 0 Å². The lowest BCUT2D eigenvalue weighted by Gasteiger charge is -2.12. The number of rotatable bonds is 4. The number of aromatic nitrogens is 1. The molecule has 0 fully saturated rings. The minimum Gasteiger partial charge on any atom is -0.493 e. The zero-order valence-electron chi connectivity index (χ0n) is 11.5. The van der Waals surface area contributed by atoms with Gasteiger partial charge in [-0.2, -0.15) is 0 Å². The summed E-state index contributed by atoms with van der Waals surface area (Å²) >= 11 is 11.0. The first-order valence-electron chi connectivity index (χ1n) is 6.04. The van der Waals surface area contributed by atoms with E-state index in [1.54, 1.807) is 44.7 Å². The molecule has 1 aromatic heterocycles. The van der Waals surface area contributed by atoms with Gasteiger partial charge in [0.15, 0.2) is 16.6 Å². The highest BCUT2D eigenvalue weighted by atomic mass is 35.5. The second-order valence-electron chi connectivity index (χ2n) is 4.01. The van der Waals surface area contributed by atoms with E-state index < -0.39 is 0 Å². The summed E-state index contributed by atoms with van der Waals surface area (Å²) in [6.07, 6.45) is 1.54. The number of benzene rings is 1. The van der Waals surface area contributed by atoms with Crippen LogP contribution < -0.4 is 20.1 Å². The SMILES string of the molecule is COc1ccc(NC(=S)Nc2ccc(Cl)cn2)cc1OC. The smallest absolute Gasteiger partial charge is 0.176 e. The van der Waals surface area contributed by atoms with Gasteiger partial charge in [0.1, 0.15) is 5.82 Å². The third-order valence-electron chi connectivity index (χ3n) is 2.61. The Balaban J connectivity index is 2.04. The van der Waals surface area contributed by atoms with Gasteiger partial charge in [-0.25, -0.2) is 4.98 Å². The molecule has 1 heterocycles. The van der Waals surface area contributed by atoms with Crippen LogP contribution in [0, 0.1) is 0 Å². The Kier molecular flexibility index (Phi) is 5.19. The minimum atomic E-state index is 0.414. The molecule has 0 radical (unpaired) electrons. The Hall–Kier alpha value is -2.05. The van der Waals surface area contributed by atoms with E-state index in [9.17, 15) is 0 Å². The first kappa shape index (κ1) is 15.3. The lowest BCUT2D eigenvalue weighted by Crippen LogP contribution is -2.19. The monoisotopic (exact) mass is 323 g/mol. The molecule has 0 amide bonds. The number of halogens is 1. The topological polar surface area (TPSA) is 55.4 Å². The third kappa shape index (κ3) is 4.21. The van der Waals surface area contributed by atoms with Crippen LogP contribution in [0.4, 0.5) is 11.5 Å². The highest BCUT2D eigenvalue weighted by Gasteiger charge is 2.06. The van der Waals surface area contributed by atoms with Gasteiger partial charge in [0, 0.05) is 18.0 Å². The van der Waals surface area contributed by atoms with Gasteiger partial charge in [-0.15, -0.1) is 0 Å². The lowest BCUT2D eigenvalue weighted by molar-refractivity contribution is 0.355. The van der Waals surface area contributed by atoms with Crippen molar-refractivity contribution in [3.05, 3.63) is 41.6 Å². The van der Waals surface area contributed by atoms with Gasteiger partial charge in [0.2, 0.25) is 0 Å². The number of methoxy groups -OCH3 is 2. The van der Waals surface area contributed by atoms with E-state index in [0.29, 0.717) is 27.5 Å². The predicted octanol–water partition coefficient (Wildman–Crippen LogP) is 3.56. The number of hydrogen-bond donors (Lipinski definition) is 2. The molecule has 0 atom stereocenters. The highest BCUT2D eigenvalue weighted by molar-refractivity contribution is 7.80. The third-order valence-corrected chi connectivity index (χ3v) is 3.04. The summed E-state index contributed by atoms with van der Waals surface area (Å²) in [6.45, 7) is 0. The van der Waals surface area contributed by atoms with E-state index in [-0.39, 0.29) is 0 Å². The summed E-state index contributed by atoms with van der Waals surface area (Å²) in [7, 11) is 3.17. The molecule has 5 nitrogen and oxygen atoms in total. The molecule has 2 N–H and O–H groups in total. The first-order chi connectivity index (χ1) is 10.1. The standard InChI is InChI=1S/C14H14ClN3O2S/c1-19-11-5-4-10(7-12(11)20-2)17-14(21)18-13-6-3-9(15)8-16-13/h3-8H,1-2H3,(H2,16,17,18,21). The molecule has 0 bridgehead atoms. The quantitative estimate of drug-likeness (QED) is 0.839. The van der Waals surface area contributed by atoms with Crippen molar-refractivity contribution in [3.8, 4) is 11.5 Å². The van der Waals surface area contributed by atoms with E-state index in [0.717, 1.165) is 5.69 Å². The van der Waals surface area contributed by atoms with Crippen LogP contribution in [0.15, 0.2) is 36.5 Å². The van der Waals surface area contributed by atoms with Crippen molar-refractivity contribution in [3.63, 3.8) is 0 Å². The van der Waals surface area contributed by atoms with Crippen LogP contribution in [0.25, 0.3) is 0 Å². The van der Waals surface area contributed by atoms with E-state index in [4.69, 9.17) is 33.3 Å². The maximum atomic E-state index is 5.78. The zero-order valence-corrected chi connectivity index (χ0v) is 13.1. The highest BCUT2D eigenvalue weighted by Crippen LogP contribution is 2.29. The maximum Gasteiger partial charge on any atom is 0.176 e. The normalized spacial score (nSPS) is 9.86. The van der Waals surface area contributed by atoms with Crippen LogP contribution in [0.1, 0.15) is 0 Å². The molecule has 21 heavy (non-hydrogen) atoms. The fourth-order valence-electron chi connectivity index (χ4n) is 1.64. The number of thiocarbonyl (C=S) groups is 1. The Morgan fingerprint density at radius 3 is 2.48 bits per heavy atom. The lowest BCUT2D eigenvalue weighted by atomic mass is 10.3. The van der Waals surface area contributed by atoms with Crippen molar-refractivity contribution in [1.29, 1.82) is 0 Å². The van der Waals surface area contributed by atoms with Gasteiger partial charge in [-0.05, 0) is 36.5 Å². The van der Waals surface area contributed by atoms with E-state index in [1.807, 2.05) is 6.07 Å². The number of pyridine rings is 1. The second kappa shape index (κ2) is 7.10. The molecule has 0 saturated heterocycles. The number of nitrogens with zero attached hydrogens (tertiary/aromatic N) is 1. The average Bonchev–Trinajstić information content (AvgIpc) is 2.49. The van der Waals surface area contributed by atoms with Crippen molar-refractivity contribution in [2.75, 3.05) is 24.9 Å². The summed E-state index contributed by atoms with van der Waals surface area (Å²) < 4.78 is 10.4. The second-order valence-corrected chi connectivity index (χ2v) is 4.86. The van der Waals surface area contributed by atoms with E-state index in [2.05, 4.69) is 15.6 Å². The van der Waals surface area contributed by atoms with Gasteiger partial charge in [0.25, 0.3) is 0 Å². The molecule has 1 aromatic carbocycles. The molecule has 0 spiro atoms. The molecule has 2 rings (SSSR count). The van der Waals surface area contributed by atoms with Crippen LogP contribution >= 0.6 is 23.8 Å². The van der Waals surface area contributed by atoms with Gasteiger partial charge >= 0.3 is 0 Å². The van der Waals surface area contributed by atoms with E-state index >= 15 is 0 Å². The molecular formula is C14H14ClN3O2S. The van der Waals surface area contributed by atoms with Crippen LogP contribution in [0.3, 0.4) is 0 Å². The van der Waals surface area contributed by atoms with Crippen molar-refractivity contribution in [2.24, 2.45) is 0 Å². The van der Waals surface area contributed by atoms with Gasteiger partial charge in [-0.3, -0.25) is 0 Å². The van der Waals surface area contributed by atoms with Crippen LogP contribution in [-0.4, -0.2) is 24.3 Å². The van der Waals surface area contributed by atoms with Crippen LogP contribution in [0.2, 0.25) is 5.02 Å². The molecule has 0 aliphatic carbocycles. The molecule has 0 aliphatic heterocycles. The largest absolute Gasteiger partial charge is 0.493 e. The van der Waals surface area contributed by atoms with Gasteiger partial charge < -0.3 is 20.1 Å². The van der Waals surface area contributed by atoms with Crippen molar-refractivity contribution in [1.82, 2.24) is 4.98 Å². The average molecular weight is 324 g/mol. The van der Waals surface area contributed by atoms with Gasteiger partial charge in [0.05, 0.1) is 19.2 Å². The van der Waals surface area contributed by atoms with Crippen molar-refractivity contribution in [2.45, 2.75) is 0 Å². The Bertz CT molecular complexity index is 635. The van der Waals surface area contributed by atoms with Crippen LogP contribution in [0.5, 0.6) is 11.5 Å². The molecule has 7 heteroatoms. The molecule has 2 aromatic rings. The number of hydrogen-bond acceptors (Lipinski definition) is 4. The summed E-state index contributed by atoms with van der Waals surface area (Å²) in [5.74, 6) is 1.88. The number of nitrogens with one attached hydrogen (secondary N) is 2. The summed E-state index contributed by atoms with van der Waals surface area (Å²) in [6, 6.07) is 8.90. The minimum absolute atomic E-state index is 0.414. The summed E-state index contributed by atoms with van der Waals surface area (Å²) in [5.41, 5.74) is 0.777. The predicted molar refractivity (Wildman–Crippen MR) is 88.6 cm³/mol. The summed E-state index contributed by atoms with van der Waals surface area (Å²) in [4.78, 5) is 4.11. The summed E-state index contributed by atoms with van der Waals surface area (Å²) in [5, 5.41) is 6.99. The molecule has 0 saturated carbocycles. The number of anilines is 2. The van der Waals surface area contributed by atoms with Crippen molar-refractivity contribution < 1.29 is 9.47 Å². The Labute approximate surface area is 133 Å². The Morgan fingerprint density at radius 1 is 1.10 bits per heavy atom.